The van der Waals surface area contributed by atoms with Crippen molar-refractivity contribution in [2.75, 3.05) is 6.61 Å². The van der Waals surface area contributed by atoms with Gasteiger partial charge in [0.15, 0.2) is 0 Å². The highest BCUT2D eigenvalue weighted by Gasteiger charge is 2.41. The number of ether oxygens (including phenoxy) is 1. The van der Waals surface area contributed by atoms with Crippen molar-refractivity contribution in [3.63, 3.8) is 0 Å². The predicted molar refractivity (Wildman–Crippen MR) is 87.4 cm³/mol. The van der Waals surface area contributed by atoms with E-state index in [2.05, 4.69) is 0 Å². The fraction of sp³-hybridized carbons (Fsp3) is 0.333. The van der Waals surface area contributed by atoms with E-state index in [4.69, 9.17) is 8.92 Å². The molecule has 3 rings (SSSR count). The SMILES string of the molecule is Cc1ccc(S(=O)(=O)OC2(c3ccccc3)CCCCO2)cc1. The van der Waals surface area contributed by atoms with Gasteiger partial charge in [0.1, 0.15) is 0 Å². The topological polar surface area (TPSA) is 52.6 Å². The highest BCUT2D eigenvalue weighted by molar-refractivity contribution is 7.86. The summed E-state index contributed by atoms with van der Waals surface area (Å²) in [5.74, 6) is -1.23. The van der Waals surface area contributed by atoms with E-state index in [-0.39, 0.29) is 4.90 Å². The summed E-state index contributed by atoms with van der Waals surface area (Å²) in [6.07, 6.45) is 2.28. The molecule has 1 unspecified atom stereocenters. The molecule has 2 aromatic carbocycles. The van der Waals surface area contributed by atoms with Crippen LogP contribution in [0.2, 0.25) is 0 Å². The first-order chi connectivity index (χ1) is 11.0. The van der Waals surface area contributed by atoms with Crippen molar-refractivity contribution in [3.8, 4) is 0 Å². The molecule has 0 N–H and O–H groups in total. The Hall–Kier alpha value is -1.69. The average molecular weight is 332 g/mol. The molecule has 2 aromatic rings. The van der Waals surface area contributed by atoms with Crippen molar-refractivity contribution in [1.29, 1.82) is 0 Å². The standard InChI is InChI=1S/C18H20O4S/c1-15-9-11-17(12-10-15)23(19,20)22-18(13-5-6-14-21-18)16-7-3-2-4-8-16/h2-4,7-12H,5-6,13-14H2,1H3. The van der Waals surface area contributed by atoms with Crippen molar-refractivity contribution in [1.82, 2.24) is 0 Å². The van der Waals surface area contributed by atoms with Gasteiger partial charge < -0.3 is 4.74 Å². The minimum atomic E-state index is -3.91. The van der Waals surface area contributed by atoms with Crippen LogP contribution in [0, 0.1) is 6.92 Å². The van der Waals surface area contributed by atoms with Gasteiger partial charge in [-0.25, -0.2) is 4.18 Å². The van der Waals surface area contributed by atoms with Gasteiger partial charge in [0.25, 0.3) is 10.1 Å². The molecule has 0 saturated carbocycles. The van der Waals surface area contributed by atoms with Crippen LogP contribution in [0.4, 0.5) is 0 Å². The number of benzene rings is 2. The van der Waals surface area contributed by atoms with Gasteiger partial charge in [0, 0.05) is 12.0 Å². The summed E-state index contributed by atoms with van der Waals surface area (Å²) in [5, 5.41) is 0. The van der Waals surface area contributed by atoms with E-state index in [0.29, 0.717) is 13.0 Å². The van der Waals surface area contributed by atoms with Crippen LogP contribution in [0.1, 0.15) is 30.4 Å². The normalized spacial score (nSPS) is 22.0. The predicted octanol–water partition coefficient (Wildman–Crippen LogP) is 3.75. The van der Waals surface area contributed by atoms with Gasteiger partial charge in [0.2, 0.25) is 5.79 Å². The van der Waals surface area contributed by atoms with Crippen LogP contribution in [-0.2, 0) is 24.8 Å². The summed E-state index contributed by atoms with van der Waals surface area (Å²) in [5.41, 5.74) is 1.73. The summed E-state index contributed by atoms with van der Waals surface area (Å²) < 4.78 is 36.8. The van der Waals surface area contributed by atoms with Crippen LogP contribution in [0.25, 0.3) is 0 Å². The lowest BCUT2D eigenvalue weighted by molar-refractivity contribution is -0.211. The Balaban J connectivity index is 1.97. The average Bonchev–Trinajstić information content (AvgIpc) is 2.56. The Kier molecular flexibility index (Phi) is 4.53. The van der Waals surface area contributed by atoms with Crippen molar-refractivity contribution < 1.29 is 17.3 Å². The van der Waals surface area contributed by atoms with Crippen molar-refractivity contribution in [2.24, 2.45) is 0 Å². The maximum absolute atomic E-state index is 12.7. The third-order valence-corrected chi connectivity index (χ3v) is 5.34. The van der Waals surface area contributed by atoms with Crippen molar-refractivity contribution in [2.45, 2.75) is 36.9 Å². The van der Waals surface area contributed by atoms with Crippen LogP contribution < -0.4 is 0 Å². The van der Waals surface area contributed by atoms with E-state index in [0.717, 1.165) is 24.0 Å². The highest BCUT2D eigenvalue weighted by atomic mass is 32.2. The van der Waals surface area contributed by atoms with Gasteiger partial charge in [0.05, 0.1) is 11.5 Å². The second-order valence-electron chi connectivity index (χ2n) is 5.78. The van der Waals surface area contributed by atoms with Crippen molar-refractivity contribution >= 4 is 10.1 Å². The molecular weight excluding hydrogens is 312 g/mol. The zero-order valence-corrected chi connectivity index (χ0v) is 13.9. The highest BCUT2D eigenvalue weighted by Crippen LogP contribution is 2.39. The lowest BCUT2D eigenvalue weighted by Crippen LogP contribution is -2.38. The first-order valence-corrected chi connectivity index (χ1v) is 9.14. The Bertz CT molecular complexity index is 745. The monoisotopic (exact) mass is 332 g/mol. The molecule has 0 aliphatic carbocycles. The first kappa shape index (κ1) is 16.2. The molecule has 0 radical (unpaired) electrons. The zero-order chi connectivity index (χ0) is 16.3. The molecule has 4 nitrogen and oxygen atoms in total. The fourth-order valence-electron chi connectivity index (χ4n) is 2.73. The maximum atomic E-state index is 12.7. The number of hydrogen-bond donors (Lipinski definition) is 0. The maximum Gasteiger partial charge on any atom is 0.299 e. The summed E-state index contributed by atoms with van der Waals surface area (Å²) >= 11 is 0. The van der Waals surface area contributed by atoms with E-state index in [1.54, 1.807) is 24.3 Å². The third kappa shape index (κ3) is 3.47. The number of hydrogen-bond acceptors (Lipinski definition) is 4. The molecule has 0 spiro atoms. The molecule has 122 valence electrons. The van der Waals surface area contributed by atoms with E-state index in [9.17, 15) is 8.42 Å². The molecule has 1 saturated heterocycles. The minimum absolute atomic E-state index is 0.146. The van der Waals surface area contributed by atoms with E-state index >= 15 is 0 Å². The Morgan fingerprint density at radius 3 is 2.30 bits per heavy atom. The minimum Gasteiger partial charge on any atom is -0.345 e. The molecule has 5 heteroatoms. The second-order valence-corrected chi connectivity index (χ2v) is 7.32. The van der Waals surface area contributed by atoms with Gasteiger partial charge in [-0.2, -0.15) is 8.42 Å². The Morgan fingerprint density at radius 1 is 1.00 bits per heavy atom. The van der Waals surface area contributed by atoms with E-state index in [1.807, 2.05) is 37.3 Å². The second kappa shape index (κ2) is 6.43. The molecule has 23 heavy (non-hydrogen) atoms. The smallest absolute Gasteiger partial charge is 0.299 e. The van der Waals surface area contributed by atoms with E-state index < -0.39 is 15.9 Å². The molecule has 0 bridgehead atoms. The largest absolute Gasteiger partial charge is 0.345 e. The zero-order valence-electron chi connectivity index (χ0n) is 13.1. The van der Waals surface area contributed by atoms with E-state index in [1.165, 1.54) is 0 Å². The van der Waals surface area contributed by atoms with Crippen LogP contribution >= 0.6 is 0 Å². The molecule has 0 aromatic heterocycles. The molecule has 1 aliphatic rings. The molecule has 1 atom stereocenters. The number of aryl methyl sites for hydroxylation is 1. The summed E-state index contributed by atoms with van der Waals surface area (Å²) in [6, 6.07) is 15.9. The number of rotatable bonds is 4. The molecular formula is C18H20O4S. The fourth-order valence-corrected chi connectivity index (χ4v) is 3.88. The molecule has 1 heterocycles. The van der Waals surface area contributed by atoms with Crippen LogP contribution in [0.3, 0.4) is 0 Å². The quantitative estimate of drug-likeness (QED) is 0.800. The lowest BCUT2D eigenvalue weighted by atomic mass is 9.98. The first-order valence-electron chi connectivity index (χ1n) is 7.74. The molecule has 0 amide bonds. The lowest BCUT2D eigenvalue weighted by Gasteiger charge is -2.36. The Morgan fingerprint density at radius 2 is 1.70 bits per heavy atom. The van der Waals surface area contributed by atoms with Gasteiger partial charge in [-0.05, 0) is 31.9 Å². The summed E-state index contributed by atoms with van der Waals surface area (Å²) in [7, 11) is -3.91. The van der Waals surface area contributed by atoms with Gasteiger partial charge >= 0.3 is 0 Å². The third-order valence-electron chi connectivity index (χ3n) is 4.00. The molecule has 1 aliphatic heterocycles. The van der Waals surface area contributed by atoms with Crippen molar-refractivity contribution in [3.05, 3.63) is 65.7 Å². The summed E-state index contributed by atoms with van der Waals surface area (Å²) in [4.78, 5) is 0.146. The van der Waals surface area contributed by atoms with Crippen LogP contribution in [0.5, 0.6) is 0 Å². The van der Waals surface area contributed by atoms with Gasteiger partial charge in [-0.3, -0.25) is 0 Å². The van der Waals surface area contributed by atoms with Crippen LogP contribution in [0.15, 0.2) is 59.5 Å². The van der Waals surface area contributed by atoms with Gasteiger partial charge in [-0.1, -0.05) is 48.0 Å². The summed E-state index contributed by atoms with van der Waals surface area (Å²) in [6.45, 7) is 2.39. The van der Waals surface area contributed by atoms with Crippen LogP contribution in [-0.4, -0.2) is 15.0 Å². The molecule has 1 fully saturated rings. The Labute approximate surface area is 137 Å². The van der Waals surface area contributed by atoms with Gasteiger partial charge in [-0.15, -0.1) is 0 Å².